The normalized spacial score (nSPS) is 16.0. The second kappa shape index (κ2) is 13.3. The summed E-state index contributed by atoms with van der Waals surface area (Å²) in [6.45, 7) is 4.38. The van der Waals surface area contributed by atoms with Crippen LogP contribution in [0.2, 0.25) is 0 Å². The van der Waals surface area contributed by atoms with E-state index in [0.717, 1.165) is 49.6 Å². The summed E-state index contributed by atoms with van der Waals surface area (Å²) < 4.78 is 16.6. The highest BCUT2D eigenvalue weighted by atomic mass is 32.1. The van der Waals surface area contributed by atoms with E-state index >= 15 is 0 Å². The van der Waals surface area contributed by atoms with E-state index in [1.54, 1.807) is 19.4 Å². The Bertz CT molecular complexity index is 1260. The van der Waals surface area contributed by atoms with E-state index in [9.17, 15) is 9.90 Å². The number of carbonyl (C=O) groups is 1. The lowest BCUT2D eigenvalue weighted by molar-refractivity contribution is 0.0834. The second-order valence-corrected chi connectivity index (χ2v) is 10.2. The predicted octanol–water partition coefficient (Wildman–Crippen LogP) is 4.42. The van der Waals surface area contributed by atoms with Crippen molar-refractivity contribution in [2.45, 2.75) is 70.7 Å². The molecule has 0 bridgehead atoms. The Morgan fingerprint density at radius 3 is 2.82 bits per heavy atom. The number of rotatable bonds is 12. The Kier molecular flexibility index (Phi) is 9.88. The van der Waals surface area contributed by atoms with Gasteiger partial charge in [0.2, 0.25) is 0 Å². The molecule has 0 saturated heterocycles. The second-order valence-electron chi connectivity index (χ2n) is 10.2. The van der Waals surface area contributed by atoms with Crippen molar-refractivity contribution in [2.24, 2.45) is 0 Å². The van der Waals surface area contributed by atoms with Gasteiger partial charge in [0.25, 0.3) is 0 Å². The summed E-state index contributed by atoms with van der Waals surface area (Å²) in [4.78, 5) is 23.7. The summed E-state index contributed by atoms with van der Waals surface area (Å²) in [5.74, 6) is 2.67. The van der Waals surface area contributed by atoms with Crippen molar-refractivity contribution in [1.29, 1.82) is 0 Å². The summed E-state index contributed by atoms with van der Waals surface area (Å²) in [6.07, 6.45) is 7.44. The number of nitrogens with zero attached hydrogens (tertiary/aromatic N) is 3. The Morgan fingerprint density at radius 1 is 1.26 bits per heavy atom. The van der Waals surface area contributed by atoms with Crippen molar-refractivity contribution in [2.75, 3.05) is 25.5 Å². The molecule has 39 heavy (non-hydrogen) atoms. The molecule has 0 amide bonds. The van der Waals surface area contributed by atoms with E-state index in [-0.39, 0.29) is 25.7 Å². The van der Waals surface area contributed by atoms with Crippen molar-refractivity contribution >= 4 is 25.1 Å². The zero-order valence-electron chi connectivity index (χ0n) is 22.6. The molecule has 1 fully saturated rings. The zero-order valence-corrected chi connectivity index (χ0v) is 23.6. The van der Waals surface area contributed by atoms with Gasteiger partial charge in [0.15, 0.2) is 17.9 Å². The first-order chi connectivity index (χ1) is 18.5. The standard InChI is InChI=1S/C29H36N4O5.H2S/c1-19-28(38-18-31-19)17-37-24-8-6-21-15-33(11-10-20(21)12-24)16-23(34)7-9-26(35)25-13-29(30-14-27(25)36-2)32-22-4-3-5-22;/h6,8,12-14,18,22-23,34H,3-5,7,9-11,15-17H2,1-2H3,(H,30,32);1H2/t23-;/m0./s1. The molecule has 10 heteroatoms. The van der Waals surface area contributed by atoms with E-state index in [0.29, 0.717) is 42.7 Å². The molecule has 3 aromatic rings. The first kappa shape index (κ1) is 28.9. The van der Waals surface area contributed by atoms with Crippen molar-refractivity contribution in [3.63, 3.8) is 0 Å². The Hall–Kier alpha value is -3.08. The lowest BCUT2D eigenvalue weighted by Gasteiger charge is -2.30. The van der Waals surface area contributed by atoms with Gasteiger partial charge in [-0.2, -0.15) is 13.5 Å². The smallest absolute Gasteiger partial charge is 0.181 e. The number of ether oxygens (including phenoxy) is 2. The number of nitrogens with one attached hydrogen (secondary N) is 1. The van der Waals surface area contributed by atoms with Crippen LogP contribution in [0.4, 0.5) is 5.82 Å². The lowest BCUT2D eigenvalue weighted by atomic mass is 9.93. The first-order valence-electron chi connectivity index (χ1n) is 13.4. The number of methoxy groups -OCH3 is 1. The van der Waals surface area contributed by atoms with E-state index in [2.05, 4.69) is 32.3 Å². The number of aryl methyl sites for hydroxylation is 1. The van der Waals surface area contributed by atoms with Crippen LogP contribution in [-0.4, -0.2) is 58.1 Å². The molecule has 0 radical (unpaired) electrons. The van der Waals surface area contributed by atoms with Gasteiger partial charge in [0.05, 0.1) is 30.7 Å². The molecule has 2 aliphatic rings. The maximum atomic E-state index is 13.0. The predicted molar refractivity (Wildman–Crippen MR) is 153 cm³/mol. The maximum Gasteiger partial charge on any atom is 0.181 e. The molecule has 1 aliphatic heterocycles. The van der Waals surface area contributed by atoms with Crippen LogP contribution < -0.4 is 14.8 Å². The van der Waals surface area contributed by atoms with Crippen LogP contribution in [0.15, 0.2) is 41.3 Å². The zero-order chi connectivity index (χ0) is 26.5. The van der Waals surface area contributed by atoms with Gasteiger partial charge in [-0.3, -0.25) is 9.69 Å². The average Bonchev–Trinajstić information content (AvgIpc) is 3.32. The van der Waals surface area contributed by atoms with Crippen molar-refractivity contribution in [3.8, 4) is 11.5 Å². The highest BCUT2D eigenvalue weighted by molar-refractivity contribution is 7.59. The first-order valence-corrected chi connectivity index (χ1v) is 13.4. The quantitative estimate of drug-likeness (QED) is 0.314. The van der Waals surface area contributed by atoms with E-state index in [4.69, 9.17) is 13.9 Å². The third kappa shape index (κ3) is 7.32. The summed E-state index contributed by atoms with van der Waals surface area (Å²) in [7, 11) is 1.54. The van der Waals surface area contributed by atoms with Crippen LogP contribution in [0.25, 0.3) is 0 Å². The summed E-state index contributed by atoms with van der Waals surface area (Å²) in [5.41, 5.74) is 3.84. The van der Waals surface area contributed by atoms with Gasteiger partial charge in [-0.1, -0.05) is 6.07 Å². The number of hydrogen-bond donors (Lipinski definition) is 2. The molecule has 1 aliphatic carbocycles. The van der Waals surface area contributed by atoms with Gasteiger partial charge in [0.1, 0.15) is 23.9 Å². The number of fused-ring (bicyclic) bond motifs is 1. The number of Topliss-reactive ketones (excluding diaryl/α,β-unsaturated/α-hetero) is 1. The summed E-state index contributed by atoms with van der Waals surface area (Å²) in [5, 5.41) is 14.1. The molecule has 2 N–H and O–H groups in total. The van der Waals surface area contributed by atoms with E-state index < -0.39 is 6.10 Å². The highest BCUT2D eigenvalue weighted by Gasteiger charge is 2.22. The molecule has 0 spiro atoms. The van der Waals surface area contributed by atoms with Crippen LogP contribution in [0.5, 0.6) is 11.5 Å². The van der Waals surface area contributed by atoms with E-state index in [1.807, 2.05) is 13.0 Å². The van der Waals surface area contributed by atoms with E-state index in [1.165, 1.54) is 23.9 Å². The van der Waals surface area contributed by atoms with Crippen molar-refractivity contribution in [1.82, 2.24) is 14.9 Å². The number of pyridine rings is 1. The Morgan fingerprint density at radius 2 is 2.10 bits per heavy atom. The number of β-amino-alcohol motifs (C(OH)–C–C–N with tert-alkyl or cyclic N) is 1. The fraction of sp³-hybridized carbons (Fsp3) is 0.483. The molecular formula is C29H38N4O5S. The molecule has 9 nitrogen and oxygen atoms in total. The minimum Gasteiger partial charge on any atom is -0.494 e. The number of benzene rings is 1. The summed E-state index contributed by atoms with van der Waals surface area (Å²) >= 11 is 0. The molecule has 1 atom stereocenters. The minimum absolute atomic E-state index is 0. The third-order valence-corrected chi connectivity index (χ3v) is 7.50. The van der Waals surface area contributed by atoms with Gasteiger partial charge in [0, 0.05) is 32.1 Å². The molecule has 2 aromatic heterocycles. The highest BCUT2D eigenvalue weighted by Crippen LogP contribution is 2.28. The number of aliphatic hydroxyl groups is 1. The minimum atomic E-state index is -0.589. The molecule has 5 rings (SSSR count). The molecule has 210 valence electrons. The molecular weight excluding hydrogens is 516 g/mol. The van der Waals surface area contributed by atoms with Crippen LogP contribution >= 0.6 is 13.5 Å². The lowest BCUT2D eigenvalue weighted by Crippen LogP contribution is -2.36. The third-order valence-electron chi connectivity index (χ3n) is 7.50. The molecule has 1 saturated carbocycles. The fourth-order valence-electron chi connectivity index (χ4n) is 4.93. The van der Waals surface area contributed by atoms with Gasteiger partial charge in [-0.05, 0) is 68.4 Å². The topological polar surface area (TPSA) is 110 Å². The molecule has 1 aromatic carbocycles. The number of anilines is 1. The fourth-order valence-corrected chi connectivity index (χ4v) is 4.93. The maximum absolute atomic E-state index is 13.0. The van der Waals surface area contributed by atoms with Crippen LogP contribution in [0, 0.1) is 6.92 Å². The molecule has 0 unspecified atom stereocenters. The number of carbonyl (C=O) groups excluding carboxylic acids is 1. The SMILES string of the molecule is COc1cnc(NC2CCC2)cc1C(=O)CC[C@H](O)CN1CCc2cc(OCc3ocnc3C)ccc2C1.S. The van der Waals surface area contributed by atoms with Gasteiger partial charge in [-0.25, -0.2) is 9.97 Å². The van der Waals surface area contributed by atoms with Crippen molar-refractivity contribution < 1.29 is 23.8 Å². The number of aliphatic hydroxyl groups excluding tert-OH is 1. The van der Waals surface area contributed by atoms with Crippen LogP contribution in [0.1, 0.15) is 65.0 Å². The number of aromatic nitrogens is 2. The number of ketones is 1. The van der Waals surface area contributed by atoms with Gasteiger partial charge >= 0.3 is 0 Å². The van der Waals surface area contributed by atoms with Crippen LogP contribution in [-0.2, 0) is 19.6 Å². The van der Waals surface area contributed by atoms with Crippen LogP contribution in [0.3, 0.4) is 0 Å². The Labute approximate surface area is 236 Å². The molecule has 3 heterocycles. The number of hydrogen-bond acceptors (Lipinski definition) is 9. The Balaban J connectivity index is 0.00000353. The largest absolute Gasteiger partial charge is 0.494 e. The van der Waals surface area contributed by atoms with Crippen molar-refractivity contribution in [3.05, 3.63) is 65.0 Å². The monoisotopic (exact) mass is 554 g/mol. The number of oxazole rings is 1. The summed E-state index contributed by atoms with van der Waals surface area (Å²) in [6, 6.07) is 8.35. The van der Waals surface area contributed by atoms with Gasteiger partial charge < -0.3 is 24.3 Å². The van der Waals surface area contributed by atoms with Gasteiger partial charge in [-0.15, -0.1) is 0 Å². The average molecular weight is 555 g/mol.